The topological polar surface area (TPSA) is 36.2 Å². The molecule has 1 unspecified atom stereocenters. The molecule has 0 aromatic heterocycles. The highest BCUT2D eigenvalue weighted by molar-refractivity contribution is 6.14. The predicted molar refractivity (Wildman–Crippen MR) is 39.5 cm³/mol. The van der Waals surface area contributed by atoms with Crippen molar-refractivity contribution in [3.63, 3.8) is 0 Å². The molecule has 0 aromatic rings. The maximum atomic E-state index is 7.53. The Hall–Kier alpha value is -0.660. The summed E-state index contributed by atoms with van der Waals surface area (Å²) in [5.74, 6) is 0.331. The molecule has 0 radical (unpaired) electrons. The van der Waals surface area contributed by atoms with Gasteiger partial charge in [0, 0.05) is 11.9 Å². The summed E-state index contributed by atoms with van der Waals surface area (Å²) in [6.45, 7) is 6.01. The molecule has 0 amide bonds. The van der Waals surface area contributed by atoms with Crippen molar-refractivity contribution >= 4 is 11.9 Å². The first-order valence-corrected chi connectivity index (χ1v) is 3.21. The van der Waals surface area contributed by atoms with E-state index in [1.165, 1.54) is 0 Å². The van der Waals surface area contributed by atoms with Crippen LogP contribution >= 0.6 is 0 Å². The highest BCUT2D eigenvalue weighted by Crippen LogP contribution is 2.24. The van der Waals surface area contributed by atoms with Crippen molar-refractivity contribution in [3.8, 4) is 0 Å². The normalized spacial score (nSPS) is 31.1. The van der Waals surface area contributed by atoms with E-state index in [0.29, 0.717) is 5.92 Å². The molecule has 1 N–H and O–H groups in total. The average molecular weight is 124 g/mol. The smallest absolute Gasteiger partial charge is 0.130 e. The van der Waals surface area contributed by atoms with Crippen molar-refractivity contribution in [1.29, 1.82) is 5.41 Å². The van der Waals surface area contributed by atoms with E-state index >= 15 is 0 Å². The minimum atomic E-state index is -0.186. The fourth-order valence-corrected chi connectivity index (χ4v) is 0.820. The van der Waals surface area contributed by atoms with Crippen LogP contribution in [0.3, 0.4) is 0 Å². The first-order valence-electron chi connectivity index (χ1n) is 3.21. The summed E-state index contributed by atoms with van der Waals surface area (Å²) < 4.78 is 0. The molecule has 0 bridgehead atoms. The Kier molecular flexibility index (Phi) is 1.19. The second-order valence-electron chi connectivity index (χ2n) is 2.97. The van der Waals surface area contributed by atoms with Gasteiger partial charge < -0.3 is 5.41 Å². The molecule has 2 nitrogen and oxygen atoms in total. The number of nitrogens with one attached hydrogen (secondary N) is 1. The Bertz CT molecular complexity index is 162. The number of nitrogens with zero attached hydrogens (tertiary/aromatic N) is 1. The summed E-state index contributed by atoms with van der Waals surface area (Å²) in [7, 11) is 0. The van der Waals surface area contributed by atoms with Crippen LogP contribution in [0.1, 0.15) is 20.8 Å². The van der Waals surface area contributed by atoms with Crippen LogP contribution < -0.4 is 0 Å². The predicted octanol–water partition coefficient (Wildman–Crippen LogP) is 1.51. The second kappa shape index (κ2) is 1.66. The molecule has 0 saturated heterocycles. The van der Waals surface area contributed by atoms with Gasteiger partial charge in [0.05, 0.1) is 0 Å². The van der Waals surface area contributed by atoms with Gasteiger partial charge >= 0.3 is 0 Å². The second-order valence-corrected chi connectivity index (χ2v) is 2.97. The van der Waals surface area contributed by atoms with Gasteiger partial charge in [-0.15, -0.1) is 0 Å². The standard InChI is InChI=1S/C7H12N2/c1-5(2)6(8)7(3)4-9-7/h4-5,8H,1-3H3. The fraction of sp³-hybridized carbons (Fsp3) is 0.714. The van der Waals surface area contributed by atoms with Crippen molar-refractivity contribution < 1.29 is 0 Å². The lowest BCUT2D eigenvalue weighted by Gasteiger charge is -2.11. The molecule has 0 aromatic carbocycles. The zero-order valence-corrected chi connectivity index (χ0v) is 6.10. The Labute approximate surface area is 55.5 Å². The van der Waals surface area contributed by atoms with Gasteiger partial charge in [-0.25, -0.2) is 0 Å². The van der Waals surface area contributed by atoms with Gasteiger partial charge in [-0.2, -0.15) is 0 Å². The SMILES string of the molecule is CC(C)C(=N)C1(C)C=N1. The van der Waals surface area contributed by atoms with Gasteiger partial charge in [0.2, 0.25) is 0 Å². The Morgan fingerprint density at radius 3 is 2.22 bits per heavy atom. The minimum absolute atomic E-state index is 0.186. The third kappa shape index (κ3) is 1.02. The monoisotopic (exact) mass is 124 g/mol. The maximum absolute atomic E-state index is 7.53. The van der Waals surface area contributed by atoms with Crippen molar-refractivity contribution in [1.82, 2.24) is 0 Å². The lowest BCUT2D eigenvalue weighted by Crippen LogP contribution is -2.26. The number of aliphatic imine (C=N–C) groups is 1. The van der Waals surface area contributed by atoms with E-state index in [-0.39, 0.29) is 5.54 Å². The maximum Gasteiger partial charge on any atom is 0.130 e. The molecular formula is C7H12N2. The third-order valence-electron chi connectivity index (χ3n) is 1.64. The quantitative estimate of drug-likeness (QED) is 0.542. The van der Waals surface area contributed by atoms with Gasteiger partial charge in [0.1, 0.15) is 5.54 Å². The molecule has 0 fully saturated rings. The van der Waals surface area contributed by atoms with Crippen LogP contribution in [-0.2, 0) is 0 Å². The van der Waals surface area contributed by atoms with E-state index in [4.69, 9.17) is 5.41 Å². The molecule has 2 heteroatoms. The summed E-state index contributed by atoms with van der Waals surface area (Å²) in [6.07, 6.45) is 1.83. The van der Waals surface area contributed by atoms with E-state index in [9.17, 15) is 0 Å². The van der Waals surface area contributed by atoms with Crippen LogP contribution in [0.2, 0.25) is 0 Å². The number of hydrogen-bond donors (Lipinski definition) is 1. The van der Waals surface area contributed by atoms with Gasteiger partial charge in [-0.1, -0.05) is 13.8 Å². The molecule has 0 spiro atoms. The highest BCUT2D eigenvalue weighted by Gasteiger charge is 2.36. The van der Waals surface area contributed by atoms with E-state index in [1.54, 1.807) is 0 Å². The van der Waals surface area contributed by atoms with E-state index in [0.717, 1.165) is 5.71 Å². The highest BCUT2D eigenvalue weighted by atomic mass is 15.0. The zero-order chi connectivity index (χ0) is 7.07. The van der Waals surface area contributed by atoms with E-state index in [2.05, 4.69) is 4.99 Å². The van der Waals surface area contributed by atoms with E-state index < -0.39 is 0 Å². The molecule has 1 heterocycles. The van der Waals surface area contributed by atoms with Crippen LogP contribution in [0.15, 0.2) is 4.99 Å². The zero-order valence-electron chi connectivity index (χ0n) is 6.10. The largest absolute Gasteiger partial charge is 0.306 e. The Morgan fingerprint density at radius 1 is 1.67 bits per heavy atom. The minimum Gasteiger partial charge on any atom is -0.306 e. The summed E-state index contributed by atoms with van der Waals surface area (Å²) in [6, 6.07) is 0. The summed E-state index contributed by atoms with van der Waals surface area (Å²) in [5, 5.41) is 7.53. The number of hydrogen-bond acceptors (Lipinski definition) is 2. The first-order chi connectivity index (χ1) is 4.06. The van der Waals surface area contributed by atoms with Gasteiger partial charge in [0.25, 0.3) is 0 Å². The molecule has 0 aliphatic carbocycles. The number of rotatable bonds is 2. The van der Waals surface area contributed by atoms with Crippen LogP contribution in [0.5, 0.6) is 0 Å². The van der Waals surface area contributed by atoms with Crippen LogP contribution in [0, 0.1) is 11.3 Å². The van der Waals surface area contributed by atoms with E-state index in [1.807, 2.05) is 27.0 Å². The molecule has 50 valence electrons. The Balaban J connectivity index is 2.54. The Morgan fingerprint density at radius 2 is 2.11 bits per heavy atom. The van der Waals surface area contributed by atoms with Crippen molar-refractivity contribution in [2.75, 3.05) is 0 Å². The molecular weight excluding hydrogens is 112 g/mol. The lowest BCUT2D eigenvalue weighted by molar-refractivity contribution is 0.798. The van der Waals surface area contributed by atoms with Crippen LogP contribution in [-0.4, -0.2) is 17.5 Å². The van der Waals surface area contributed by atoms with Gasteiger partial charge in [-0.05, 0) is 12.8 Å². The summed E-state index contributed by atoms with van der Waals surface area (Å²) >= 11 is 0. The van der Waals surface area contributed by atoms with Gasteiger partial charge in [-0.3, -0.25) is 4.99 Å². The molecule has 0 saturated carbocycles. The summed E-state index contributed by atoms with van der Waals surface area (Å²) in [4.78, 5) is 4.01. The molecule has 9 heavy (non-hydrogen) atoms. The van der Waals surface area contributed by atoms with Crippen LogP contribution in [0.25, 0.3) is 0 Å². The van der Waals surface area contributed by atoms with Crippen molar-refractivity contribution in [2.45, 2.75) is 26.3 Å². The molecule has 1 aliphatic heterocycles. The van der Waals surface area contributed by atoms with Crippen molar-refractivity contribution in [2.24, 2.45) is 10.9 Å². The molecule has 1 aliphatic rings. The van der Waals surface area contributed by atoms with Gasteiger partial charge in [0.15, 0.2) is 0 Å². The third-order valence-corrected chi connectivity index (χ3v) is 1.64. The molecule has 1 atom stereocenters. The van der Waals surface area contributed by atoms with Crippen LogP contribution in [0.4, 0.5) is 0 Å². The first kappa shape index (κ1) is 6.46. The lowest BCUT2D eigenvalue weighted by atomic mass is 9.95. The molecule has 1 rings (SSSR count). The summed E-state index contributed by atoms with van der Waals surface area (Å²) in [5.41, 5.74) is 0.538. The fourth-order valence-electron chi connectivity index (χ4n) is 0.820. The van der Waals surface area contributed by atoms with Crippen molar-refractivity contribution in [3.05, 3.63) is 0 Å². The average Bonchev–Trinajstić information content (AvgIpc) is 2.47.